The van der Waals surface area contributed by atoms with E-state index in [-0.39, 0.29) is 10.9 Å². The monoisotopic (exact) mass is 427 g/mol. The van der Waals surface area contributed by atoms with E-state index in [1.165, 1.54) is 12.1 Å². The molecule has 3 heterocycles. The van der Waals surface area contributed by atoms with Crippen LogP contribution in [0.15, 0.2) is 46.5 Å². The van der Waals surface area contributed by atoms with Crippen LogP contribution in [0, 0.1) is 0 Å². The number of halogens is 1. The van der Waals surface area contributed by atoms with Crippen molar-refractivity contribution in [2.45, 2.75) is 42.5 Å². The Labute approximate surface area is 175 Å². The van der Waals surface area contributed by atoms with Gasteiger partial charge in [0.15, 0.2) is 0 Å². The van der Waals surface area contributed by atoms with Crippen LogP contribution in [0.1, 0.15) is 32.1 Å². The highest BCUT2D eigenvalue weighted by atomic mass is 32.2. The molecule has 1 atom stereocenters. The second-order valence-corrected chi connectivity index (χ2v) is 8.64. The lowest BCUT2D eigenvalue weighted by atomic mass is 9.81. The van der Waals surface area contributed by atoms with Gasteiger partial charge in [0.2, 0.25) is 11.9 Å². The summed E-state index contributed by atoms with van der Waals surface area (Å²) in [4.78, 5) is 9.27. The van der Waals surface area contributed by atoms with Crippen LogP contribution in [0.5, 0.6) is 0 Å². The molecule has 1 fully saturated rings. The van der Waals surface area contributed by atoms with Crippen LogP contribution in [0.4, 0.5) is 21.8 Å². The molecule has 1 aliphatic heterocycles. The zero-order valence-electron chi connectivity index (χ0n) is 16.3. The Hall–Kier alpha value is -2.85. The van der Waals surface area contributed by atoms with Crippen LogP contribution in [0.2, 0.25) is 0 Å². The predicted molar refractivity (Wildman–Crippen MR) is 112 cm³/mol. The van der Waals surface area contributed by atoms with Crippen LogP contribution >= 0.6 is 0 Å². The number of rotatable bonds is 3. The lowest BCUT2D eigenvalue weighted by Gasteiger charge is -2.41. The van der Waals surface area contributed by atoms with Crippen molar-refractivity contribution in [3.63, 3.8) is 0 Å². The molecule has 3 aromatic rings. The second-order valence-electron chi connectivity index (χ2n) is 7.70. The molecule has 30 heavy (non-hydrogen) atoms. The zero-order chi connectivity index (χ0) is 20.9. The zero-order valence-corrected chi connectivity index (χ0v) is 17.2. The van der Waals surface area contributed by atoms with Crippen molar-refractivity contribution in [3.8, 4) is 0 Å². The Kier molecular flexibility index (Phi) is 4.55. The molecule has 0 saturated heterocycles. The van der Waals surface area contributed by atoms with E-state index in [0.717, 1.165) is 30.5 Å². The van der Waals surface area contributed by atoms with Crippen LogP contribution in [-0.4, -0.2) is 36.3 Å². The van der Waals surface area contributed by atoms with Gasteiger partial charge in [-0.15, -0.1) is 5.10 Å². The summed E-state index contributed by atoms with van der Waals surface area (Å²) < 4.78 is 39.2. The van der Waals surface area contributed by atoms with Gasteiger partial charge in [-0.3, -0.25) is 8.78 Å². The molecule has 0 amide bonds. The maximum Gasteiger partial charge on any atom is 0.233 e. The third-order valence-electron chi connectivity index (χ3n) is 5.89. The molecule has 1 aromatic carbocycles. The minimum atomic E-state index is -2.28. The predicted octanol–water partition coefficient (Wildman–Crippen LogP) is 3.81. The highest BCUT2D eigenvalue weighted by molar-refractivity contribution is 7.79. The van der Waals surface area contributed by atoms with Gasteiger partial charge in [0.05, 0.1) is 0 Å². The molecule has 1 N–H and O–H groups in total. The van der Waals surface area contributed by atoms with Gasteiger partial charge in [-0.2, -0.15) is 9.37 Å². The fraction of sp³-hybridized carbons (Fsp3) is 0.350. The largest absolute Gasteiger partial charge is 0.768 e. The number of fused-ring (bicyclic) bond motifs is 4. The van der Waals surface area contributed by atoms with Gasteiger partial charge in [0, 0.05) is 29.2 Å². The molecule has 1 aliphatic carbocycles. The Morgan fingerprint density at radius 3 is 2.63 bits per heavy atom. The molecule has 1 unspecified atom stereocenters. The van der Waals surface area contributed by atoms with Crippen LogP contribution in [0.25, 0.3) is 11.0 Å². The average molecular weight is 427 g/mol. The van der Waals surface area contributed by atoms with Crippen molar-refractivity contribution in [1.82, 2.24) is 14.5 Å². The molecule has 0 bridgehead atoms. The maximum atomic E-state index is 15.2. The van der Waals surface area contributed by atoms with Crippen molar-refractivity contribution in [3.05, 3.63) is 36.5 Å². The van der Waals surface area contributed by atoms with Crippen molar-refractivity contribution in [2.24, 2.45) is 5.10 Å². The SMILES string of the molecule is CN1N=C(F)C2(CCCCC2)n2c1cc1cnc(Nc3ccc(S(=O)[O-])cc3)nc12. The third-order valence-corrected chi connectivity index (χ3v) is 6.54. The summed E-state index contributed by atoms with van der Waals surface area (Å²) in [5, 5.41) is 9.62. The smallest absolute Gasteiger partial charge is 0.233 e. The van der Waals surface area contributed by atoms with E-state index in [1.54, 1.807) is 30.4 Å². The summed E-state index contributed by atoms with van der Waals surface area (Å²) in [6.07, 6.45) is 6.05. The van der Waals surface area contributed by atoms with E-state index in [9.17, 15) is 8.76 Å². The molecular formula is C20H20FN6O2S-. The minimum absolute atomic E-state index is 0.203. The number of hydrazone groups is 1. The summed E-state index contributed by atoms with van der Waals surface area (Å²) in [6.45, 7) is 0. The van der Waals surface area contributed by atoms with Gasteiger partial charge < -0.3 is 9.87 Å². The van der Waals surface area contributed by atoms with E-state index < -0.39 is 16.6 Å². The molecule has 8 nitrogen and oxygen atoms in total. The second kappa shape index (κ2) is 7.13. The fourth-order valence-electron chi connectivity index (χ4n) is 4.41. The Morgan fingerprint density at radius 2 is 1.93 bits per heavy atom. The Bertz CT molecular complexity index is 1170. The van der Waals surface area contributed by atoms with Crippen LogP contribution < -0.4 is 10.3 Å². The summed E-state index contributed by atoms with van der Waals surface area (Å²) in [5.74, 6) is 0.780. The minimum Gasteiger partial charge on any atom is -0.768 e. The van der Waals surface area contributed by atoms with Gasteiger partial charge in [0.25, 0.3) is 0 Å². The molecular weight excluding hydrogens is 407 g/mol. The first-order chi connectivity index (χ1) is 14.5. The first-order valence-electron chi connectivity index (χ1n) is 9.82. The lowest BCUT2D eigenvalue weighted by Crippen LogP contribution is -2.46. The highest BCUT2D eigenvalue weighted by Gasteiger charge is 2.45. The number of benzene rings is 1. The van der Waals surface area contributed by atoms with Gasteiger partial charge >= 0.3 is 0 Å². The molecule has 2 aromatic heterocycles. The molecule has 1 saturated carbocycles. The highest BCUT2D eigenvalue weighted by Crippen LogP contribution is 2.45. The summed E-state index contributed by atoms with van der Waals surface area (Å²) in [6, 6.07) is 8.23. The number of anilines is 3. The average Bonchev–Trinajstić information content (AvgIpc) is 3.14. The van der Waals surface area contributed by atoms with E-state index in [0.29, 0.717) is 30.1 Å². The fourth-order valence-corrected chi connectivity index (χ4v) is 4.77. The van der Waals surface area contributed by atoms with Crippen molar-refractivity contribution in [1.29, 1.82) is 0 Å². The first kappa shape index (κ1) is 19.1. The molecule has 5 rings (SSSR count). The Balaban J connectivity index is 1.58. The van der Waals surface area contributed by atoms with Crippen molar-refractivity contribution < 1.29 is 13.2 Å². The van der Waals surface area contributed by atoms with Gasteiger partial charge in [-0.1, -0.05) is 19.3 Å². The summed E-state index contributed by atoms with van der Waals surface area (Å²) >= 11 is -2.28. The van der Waals surface area contributed by atoms with Crippen molar-refractivity contribution in [2.75, 3.05) is 17.4 Å². The first-order valence-corrected chi connectivity index (χ1v) is 10.9. The normalized spacial score (nSPS) is 18.9. The number of hydrogen-bond acceptors (Lipinski definition) is 7. The molecule has 156 valence electrons. The van der Waals surface area contributed by atoms with E-state index >= 15 is 4.39 Å². The molecule has 2 aliphatic rings. The number of hydrogen-bond donors (Lipinski definition) is 1. The van der Waals surface area contributed by atoms with Gasteiger partial charge in [-0.25, -0.2) is 9.99 Å². The van der Waals surface area contributed by atoms with Gasteiger partial charge in [0.1, 0.15) is 17.0 Å². The van der Waals surface area contributed by atoms with Crippen LogP contribution in [-0.2, 0) is 16.6 Å². The lowest BCUT2D eigenvalue weighted by molar-refractivity contribution is 0.263. The summed E-state index contributed by atoms with van der Waals surface area (Å²) in [5.41, 5.74) is 0.512. The number of nitrogens with one attached hydrogen (secondary N) is 1. The van der Waals surface area contributed by atoms with Crippen LogP contribution in [0.3, 0.4) is 0 Å². The quantitative estimate of drug-likeness (QED) is 0.639. The Morgan fingerprint density at radius 1 is 1.20 bits per heavy atom. The number of nitrogens with zero attached hydrogens (tertiary/aromatic N) is 5. The standard InChI is InChI=1S/C20H21FN6O2S/c1-26-16-11-13-12-22-19(23-14-5-7-15(8-6-14)30(28)29)24-17(13)27(16)20(18(21)25-26)9-3-2-4-10-20/h5-8,11-12H,2-4,9-10H2,1H3,(H,28,29)(H,22,23,24)/p-1. The maximum absolute atomic E-state index is 15.2. The van der Waals surface area contributed by atoms with Gasteiger partial charge in [-0.05, 0) is 54.3 Å². The molecule has 0 radical (unpaired) electrons. The summed E-state index contributed by atoms with van der Waals surface area (Å²) in [7, 11) is 1.73. The van der Waals surface area contributed by atoms with E-state index in [2.05, 4.69) is 15.4 Å². The number of aromatic nitrogens is 3. The molecule has 10 heteroatoms. The third kappa shape index (κ3) is 2.98. The molecule has 1 spiro atoms. The van der Waals surface area contributed by atoms with Crippen molar-refractivity contribution >= 4 is 45.5 Å². The van der Waals surface area contributed by atoms with E-state index in [4.69, 9.17) is 4.98 Å². The topological polar surface area (TPSA) is 98.5 Å². The van der Waals surface area contributed by atoms with E-state index in [1.807, 2.05) is 10.6 Å².